The average Bonchev–Trinajstić information content (AvgIpc) is 3.21. The molecule has 1 saturated heterocycles. The van der Waals surface area contributed by atoms with Crippen LogP contribution >= 0.6 is 0 Å². The molecule has 0 spiro atoms. The van der Waals surface area contributed by atoms with E-state index < -0.39 is 11.0 Å². The van der Waals surface area contributed by atoms with Gasteiger partial charge in [-0.15, -0.1) is 0 Å². The molecule has 138 valence electrons. The SMILES string of the molecule is Cc1nn(C)c(NCc2cccc(NC(=O)C3CCCO3)c2)c1[N+](=O)[O-]. The lowest BCUT2D eigenvalue weighted by atomic mass is 10.2. The predicted molar refractivity (Wildman–Crippen MR) is 96.0 cm³/mol. The normalized spacial score (nSPS) is 16.5. The van der Waals surface area contributed by atoms with E-state index >= 15 is 0 Å². The third kappa shape index (κ3) is 3.83. The van der Waals surface area contributed by atoms with Gasteiger partial charge in [-0.2, -0.15) is 5.10 Å². The van der Waals surface area contributed by atoms with Gasteiger partial charge in [0.2, 0.25) is 5.82 Å². The van der Waals surface area contributed by atoms with Crippen LogP contribution in [0.5, 0.6) is 0 Å². The Morgan fingerprint density at radius 1 is 1.50 bits per heavy atom. The highest BCUT2D eigenvalue weighted by Crippen LogP contribution is 2.27. The minimum Gasteiger partial charge on any atom is -0.368 e. The number of nitrogens with zero attached hydrogens (tertiary/aromatic N) is 3. The number of hydrogen-bond acceptors (Lipinski definition) is 6. The Hall–Kier alpha value is -2.94. The van der Waals surface area contributed by atoms with Crippen molar-refractivity contribution in [3.63, 3.8) is 0 Å². The largest absolute Gasteiger partial charge is 0.368 e. The van der Waals surface area contributed by atoms with E-state index in [4.69, 9.17) is 4.74 Å². The van der Waals surface area contributed by atoms with Gasteiger partial charge in [-0.05, 0) is 37.5 Å². The molecule has 0 radical (unpaired) electrons. The second-order valence-corrected chi connectivity index (χ2v) is 6.21. The summed E-state index contributed by atoms with van der Waals surface area (Å²) in [6, 6.07) is 7.33. The molecule has 0 bridgehead atoms. The van der Waals surface area contributed by atoms with Gasteiger partial charge >= 0.3 is 5.69 Å². The van der Waals surface area contributed by atoms with E-state index in [1.165, 1.54) is 4.68 Å². The Labute approximate surface area is 150 Å². The number of nitro groups is 1. The molecule has 3 rings (SSSR count). The standard InChI is InChI=1S/C17H21N5O4/c1-11-15(22(24)25)16(21(2)20-11)18-10-12-5-3-6-13(9-12)19-17(23)14-7-4-8-26-14/h3,5-6,9,14,18H,4,7-8,10H2,1-2H3,(H,19,23). The van der Waals surface area contributed by atoms with Crippen LogP contribution in [0.25, 0.3) is 0 Å². The van der Waals surface area contributed by atoms with Crippen molar-refractivity contribution in [3.8, 4) is 0 Å². The Kier molecular flexibility index (Phi) is 5.17. The second-order valence-electron chi connectivity index (χ2n) is 6.21. The van der Waals surface area contributed by atoms with Gasteiger partial charge < -0.3 is 15.4 Å². The first-order valence-corrected chi connectivity index (χ1v) is 8.39. The first kappa shape index (κ1) is 17.9. The molecule has 1 aliphatic heterocycles. The van der Waals surface area contributed by atoms with Crippen molar-refractivity contribution in [2.45, 2.75) is 32.4 Å². The van der Waals surface area contributed by atoms with Crippen LogP contribution in [0.2, 0.25) is 0 Å². The van der Waals surface area contributed by atoms with Gasteiger partial charge in [-0.1, -0.05) is 12.1 Å². The highest BCUT2D eigenvalue weighted by molar-refractivity contribution is 5.94. The molecule has 9 heteroatoms. The number of aryl methyl sites for hydroxylation is 2. The molecule has 2 aromatic rings. The number of amides is 1. The average molecular weight is 359 g/mol. The molecule has 1 amide bonds. The molecule has 1 aliphatic rings. The van der Waals surface area contributed by atoms with Gasteiger partial charge in [0.15, 0.2) is 0 Å². The van der Waals surface area contributed by atoms with Gasteiger partial charge in [0.05, 0.1) is 4.92 Å². The lowest BCUT2D eigenvalue weighted by molar-refractivity contribution is -0.384. The summed E-state index contributed by atoms with van der Waals surface area (Å²) in [5, 5.41) is 21.2. The molecular formula is C17H21N5O4. The van der Waals surface area contributed by atoms with Crippen molar-refractivity contribution < 1.29 is 14.5 Å². The first-order chi connectivity index (χ1) is 12.5. The molecule has 0 aliphatic carbocycles. The molecular weight excluding hydrogens is 338 g/mol. The lowest BCUT2D eigenvalue weighted by Crippen LogP contribution is -2.26. The molecule has 1 atom stereocenters. The van der Waals surface area contributed by atoms with Crippen LogP contribution in [0.15, 0.2) is 24.3 Å². The summed E-state index contributed by atoms with van der Waals surface area (Å²) in [7, 11) is 1.65. The zero-order valence-corrected chi connectivity index (χ0v) is 14.7. The smallest absolute Gasteiger partial charge is 0.333 e. The number of rotatable bonds is 6. The summed E-state index contributed by atoms with van der Waals surface area (Å²) >= 11 is 0. The highest BCUT2D eigenvalue weighted by atomic mass is 16.6. The highest BCUT2D eigenvalue weighted by Gasteiger charge is 2.24. The van der Waals surface area contributed by atoms with Crippen molar-refractivity contribution in [2.75, 3.05) is 17.2 Å². The van der Waals surface area contributed by atoms with E-state index in [9.17, 15) is 14.9 Å². The monoisotopic (exact) mass is 359 g/mol. The fraction of sp³-hybridized carbons (Fsp3) is 0.412. The third-order valence-corrected chi connectivity index (χ3v) is 4.25. The van der Waals surface area contributed by atoms with Crippen molar-refractivity contribution in [1.29, 1.82) is 0 Å². The predicted octanol–water partition coefficient (Wildman–Crippen LogP) is 2.37. The summed E-state index contributed by atoms with van der Waals surface area (Å²) in [4.78, 5) is 22.9. The fourth-order valence-corrected chi connectivity index (χ4v) is 3.02. The maximum Gasteiger partial charge on any atom is 0.333 e. The van der Waals surface area contributed by atoms with E-state index in [0.717, 1.165) is 18.4 Å². The molecule has 26 heavy (non-hydrogen) atoms. The third-order valence-electron chi connectivity index (χ3n) is 4.25. The summed E-state index contributed by atoms with van der Waals surface area (Å²) in [6.45, 7) is 2.58. The Bertz CT molecular complexity index is 827. The first-order valence-electron chi connectivity index (χ1n) is 8.39. The van der Waals surface area contributed by atoms with E-state index in [-0.39, 0.29) is 11.6 Å². The fourth-order valence-electron chi connectivity index (χ4n) is 3.02. The van der Waals surface area contributed by atoms with Crippen molar-refractivity contribution in [3.05, 3.63) is 45.6 Å². The van der Waals surface area contributed by atoms with Crippen LogP contribution in [-0.2, 0) is 23.1 Å². The van der Waals surface area contributed by atoms with Crippen LogP contribution in [0, 0.1) is 17.0 Å². The molecule has 2 N–H and O–H groups in total. The number of carbonyl (C=O) groups is 1. The number of benzene rings is 1. The second kappa shape index (κ2) is 7.52. The molecule has 2 heterocycles. The molecule has 9 nitrogen and oxygen atoms in total. The minimum atomic E-state index is -0.442. The zero-order chi connectivity index (χ0) is 18.7. The van der Waals surface area contributed by atoms with Gasteiger partial charge in [0, 0.05) is 25.9 Å². The molecule has 1 fully saturated rings. The number of nitrogens with one attached hydrogen (secondary N) is 2. The van der Waals surface area contributed by atoms with Crippen LogP contribution < -0.4 is 10.6 Å². The van der Waals surface area contributed by atoms with Crippen LogP contribution in [0.1, 0.15) is 24.1 Å². The lowest BCUT2D eigenvalue weighted by Gasteiger charge is -2.12. The molecule has 1 aromatic heterocycles. The summed E-state index contributed by atoms with van der Waals surface area (Å²) in [6.07, 6.45) is 1.23. The number of hydrogen-bond donors (Lipinski definition) is 2. The molecule has 0 saturated carbocycles. The molecule has 1 aromatic carbocycles. The maximum atomic E-state index is 12.1. The number of anilines is 2. The quantitative estimate of drug-likeness (QED) is 0.605. The minimum absolute atomic E-state index is 0.0321. The summed E-state index contributed by atoms with van der Waals surface area (Å²) < 4.78 is 6.83. The van der Waals surface area contributed by atoms with Gasteiger partial charge in [-0.3, -0.25) is 14.9 Å². The summed E-state index contributed by atoms with van der Waals surface area (Å²) in [5.74, 6) is 0.201. The van der Waals surface area contributed by atoms with Gasteiger partial charge in [0.1, 0.15) is 11.8 Å². The number of ether oxygens (including phenoxy) is 1. The van der Waals surface area contributed by atoms with E-state index in [2.05, 4.69) is 15.7 Å². The van der Waals surface area contributed by atoms with Crippen LogP contribution in [-0.4, -0.2) is 33.3 Å². The number of carbonyl (C=O) groups excluding carboxylic acids is 1. The van der Waals surface area contributed by atoms with Crippen molar-refractivity contribution >= 4 is 23.1 Å². The van der Waals surface area contributed by atoms with Gasteiger partial charge in [0.25, 0.3) is 5.91 Å². The van der Waals surface area contributed by atoms with E-state index in [1.54, 1.807) is 20.0 Å². The number of aromatic nitrogens is 2. The van der Waals surface area contributed by atoms with E-state index in [0.29, 0.717) is 30.4 Å². The Morgan fingerprint density at radius 2 is 2.31 bits per heavy atom. The van der Waals surface area contributed by atoms with Crippen LogP contribution in [0.3, 0.4) is 0 Å². The molecule has 1 unspecified atom stereocenters. The Balaban J connectivity index is 1.68. The Morgan fingerprint density at radius 3 is 3.00 bits per heavy atom. The van der Waals surface area contributed by atoms with E-state index in [1.807, 2.05) is 18.2 Å². The van der Waals surface area contributed by atoms with Gasteiger partial charge in [-0.25, -0.2) is 4.68 Å². The maximum absolute atomic E-state index is 12.1. The topological polar surface area (TPSA) is 111 Å². The zero-order valence-electron chi connectivity index (χ0n) is 14.7. The van der Waals surface area contributed by atoms with Crippen LogP contribution in [0.4, 0.5) is 17.2 Å². The summed E-state index contributed by atoms with van der Waals surface area (Å²) in [5.41, 5.74) is 1.87. The van der Waals surface area contributed by atoms with Crippen molar-refractivity contribution in [2.24, 2.45) is 7.05 Å². The van der Waals surface area contributed by atoms with Crippen molar-refractivity contribution in [1.82, 2.24) is 9.78 Å².